The molecule has 3 aromatic rings. The summed E-state index contributed by atoms with van der Waals surface area (Å²) in [5.74, 6) is -0.296. The molecule has 2 aliphatic carbocycles. The van der Waals surface area contributed by atoms with Crippen LogP contribution in [0.3, 0.4) is 0 Å². The Morgan fingerprint density at radius 1 is 1.12 bits per heavy atom. The minimum atomic E-state index is -0.968. The predicted molar refractivity (Wildman–Crippen MR) is 172 cm³/mol. The van der Waals surface area contributed by atoms with E-state index in [0.717, 1.165) is 53.7 Å². The highest BCUT2D eigenvalue weighted by molar-refractivity contribution is 9.10. The van der Waals surface area contributed by atoms with Crippen molar-refractivity contribution in [2.45, 2.75) is 50.0 Å². The Morgan fingerprint density at radius 2 is 1.91 bits per heavy atom. The monoisotopic (exact) mass is 663 g/mol. The van der Waals surface area contributed by atoms with Crippen LogP contribution in [0.15, 0.2) is 77.8 Å². The van der Waals surface area contributed by atoms with Crippen molar-refractivity contribution in [3.63, 3.8) is 0 Å². The van der Waals surface area contributed by atoms with Crippen molar-refractivity contribution < 1.29 is 24.2 Å². The van der Waals surface area contributed by atoms with Crippen LogP contribution in [0, 0.1) is 11.8 Å². The van der Waals surface area contributed by atoms with E-state index in [-0.39, 0.29) is 28.8 Å². The van der Waals surface area contributed by atoms with Gasteiger partial charge in [0.25, 0.3) is 0 Å². The summed E-state index contributed by atoms with van der Waals surface area (Å²) in [6, 6.07) is 18.5. The minimum Gasteiger partial charge on any atom is -0.490 e. The lowest BCUT2D eigenvalue weighted by atomic mass is 9.69. The van der Waals surface area contributed by atoms with Gasteiger partial charge >= 0.3 is 11.9 Å². The number of carboxylic acid groups (broad SMARTS) is 1. The van der Waals surface area contributed by atoms with Crippen LogP contribution in [-0.4, -0.2) is 42.8 Å². The number of rotatable bonds is 7. The lowest BCUT2D eigenvalue weighted by Crippen LogP contribution is -2.49. The van der Waals surface area contributed by atoms with Crippen LogP contribution >= 0.6 is 27.5 Å². The Hall–Kier alpha value is -3.29. The molecule has 0 saturated heterocycles. The Labute approximate surface area is 265 Å². The molecule has 1 spiro atoms. The van der Waals surface area contributed by atoms with Gasteiger partial charge < -0.3 is 19.5 Å². The number of hydrogen-bond acceptors (Lipinski definition) is 5. The van der Waals surface area contributed by atoms with Crippen molar-refractivity contribution in [2.75, 3.05) is 24.6 Å². The normalized spacial score (nSPS) is 23.4. The predicted octanol–water partition coefficient (Wildman–Crippen LogP) is 8.10. The molecule has 224 valence electrons. The molecule has 1 saturated carbocycles. The number of benzene rings is 3. The van der Waals surface area contributed by atoms with Crippen molar-refractivity contribution >= 4 is 45.2 Å². The first-order chi connectivity index (χ1) is 20.8. The van der Waals surface area contributed by atoms with Crippen molar-refractivity contribution in [1.29, 1.82) is 0 Å². The zero-order valence-electron chi connectivity index (χ0n) is 23.9. The summed E-state index contributed by atoms with van der Waals surface area (Å²) in [5, 5.41) is 10.6. The van der Waals surface area contributed by atoms with E-state index in [9.17, 15) is 14.7 Å². The van der Waals surface area contributed by atoms with Crippen LogP contribution in [0.1, 0.15) is 63.9 Å². The van der Waals surface area contributed by atoms with Gasteiger partial charge in [-0.05, 0) is 104 Å². The number of ether oxygens (including phenoxy) is 2. The number of esters is 1. The van der Waals surface area contributed by atoms with Crippen LogP contribution in [0.2, 0.25) is 5.02 Å². The van der Waals surface area contributed by atoms with Gasteiger partial charge in [0.05, 0.1) is 23.4 Å². The number of carbonyl (C=O) groups excluding carboxylic acids is 1. The maximum Gasteiger partial charge on any atom is 0.338 e. The molecule has 1 heterocycles. The van der Waals surface area contributed by atoms with E-state index >= 15 is 0 Å². The van der Waals surface area contributed by atoms with Gasteiger partial charge in [0.1, 0.15) is 11.9 Å². The summed E-state index contributed by atoms with van der Waals surface area (Å²) < 4.78 is 13.4. The topological polar surface area (TPSA) is 76.1 Å². The number of halogens is 2. The van der Waals surface area contributed by atoms with E-state index in [0.29, 0.717) is 31.0 Å². The second-order valence-corrected chi connectivity index (χ2v) is 13.4. The average molecular weight is 665 g/mol. The number of aryl methyl sites for hydroxylation is 1. The third kappa shape index (κ3) is 6.07. The summed E-state index contributed by atoms with van der Waals surface area (Å²) in [7, 11) is 0. The SMILES string of the molecule is C=C[C@H](OC(=O)c1ccc(Br)cc1)C1CCC1CN1CC2(CCCCc3cc(Cl)ccc32)COc2ccc(C(=O)O)cc21. The molecule has 6 rings (SSSR count). The van der Waals surface area contributed by atoms with E-state index in [1.54, 1.807) is 36.4 Å². The van der Waals surface area contributed by atoms with Crippen molar-refractivity contribution in [2.24, 2.45) is 11.8 Å². The molecular formula is C35H35BrClNO5. The molecule has 1 N–H and O–H groups in total. The van der Waals surface area contributed by atoms with Gasteiger partial charge in [-0.25, -0.2) is 9.59 Å². The summed E-state index contributed by atoms with van der Waals surface area (Å²) in [6.45, 7) is 5.89. The van der Waals surface area contributed by atoms with Gasteiger partial charge in [0.15, 0.2) is 0 Å². The molecule has 0 bridgehead atoms. The quantitative estimate of drug-likeness (QED) is 0.203. The fourth-order valence-electron chi connectivity index (χ4n) is 7.03. The molecule has 4 atom stereocenters. The molecule has 8 heteroatoms. The molecule has 1 fully saturated rings. The smallest absolute Gasteiger partial charge is 0.338 e. The second kappa shape index (κ2) is 12.4. The zero-order valence-corrected chi connectivity index (χ0v) is 26.3. The molecular weight excluding hydrogens is 630 g/mol. The molecule has 6 nitrogen and oxygen atoms in total. The largest absolute Gasteiger partial charge is 0.490 e. The fraction of sp³-hybridized carbons (Fsp3) is 0.371. The molecule has 0 amide bonds. The number of hydrogen-bond donors (Lipinski definition) is 1. The maximum absolute atomic E-state index is 13.0. The van der Waals surface area contributed by atoms with Crippen LogP contribution in [0.5, 0.6) is 5.75 Å². The van der Waals surface area contributed by atoms with E-state index in [1.807, 2.05) is 18.2 Å². The Bertz CT molecular complexity index is 1540. The lowest BCUT2D eigenvalue weighted by Gasteiger charge is -2.45. The number of carbonyl (C=O) groups is 2. The number of nitrogens with zero attached hydrogens (tertiary/aromatic N) is 1. The van der Waals surface area contributed by atoms with Crippen LogP contribution in [0.25, 0.3) is 0 Å². The van der Waals surface area contributed by atoms with Gasteiger partial charge in [0.2, 0.25) is 0 Å². The Kier molecular flexibility index (Phi) is 8.56. The molecule has 3 unspecified atom stereocenters. The summed E-state index contributed by atoms with van der Waals surface area (Å²) >= 11 is 9.84. The van der Waals surface area contributed by atoms with Crippen molar-refractivity contribution in [1.82, 2.24) is 0 Å². The van der Waals surface area contributed by atoms with Gasteiger partial charge in [0, 0.05) is 33.9 Å². The highest BCUT2D eigenvalue weighted by Crippen LogP contribution is 2.46. The van der Waals surface area contributed by atoms with Crippen LogP contribution in [-0.2, 0) is 16.6 Å². The highest BCUT2D eigenvalue weighted by Gasteiger charge is 2.44. The fourth-order valence-corrected chi connectivity index (χ4v) is 7.49. The standard InChI is InChI=1S/C35H35BrClNO5/c1-2-31(43-34(41)22-6-10-26(36)11-7-22)28-13-8-25(28)19-38-20-35(16-4-3-5-23-17-27(37)12-14-29(23)35)21-42-32-15-9-24(33(39)40)18-30(32)38/h2,6-7,9-12,14-15,17-18,25,28,31H,1,3-5,8,13,16,19-21H2,(H,39,40)/t25?,28?,31-,35?/m0/s1. The number of anilines is 1. The van der Waals surface area contributed by atoms with Gasteiger partial charge in [-0.2, -0.15) is 0 Å². The number of fused-ring (bicyclic) bond motifs is 3. The number of carboxylic acids is 1. The van der Waals surface area contributed by atoms with Crippen LogP contribution in [0.4, 0.5) is 5.69 Å². The molecule has 43 heavy (non-hydrogen) atoms. The Balaban J connectivity index is 1.30. The lowest BCUT2D eigenvalue weighted by molar-refractivity contribution is -0.00183. The first-order valence-corrected chi connectivity index (χ1v) is 16.1. The minimum absolute atomic E-state index is 0.114. The highest BCUT2D eigenvalue weighted by atomic mass is 79.9. The number of aromatic carboxylic acids is 1. The third-order valence-corrected chi connectivity index (χ3v) is 10.2. The maximum atomic E-state index is 13.0. The molecule has 0 radical (unpaired) electrons. The van der Waals surface area contributed by atoms with E-state index in [2.05, 4.69) is 39.5 Å². The molecule has 3 aliphatic rings. The van der Waals surface area contributed by atoms with Crippen molar-refractivity contribution in [3.05, 3.63) is 105 Å². The second-order valence-electron chi connectivity index (χ2n) is 12.1. The third-order valence-electron chi connectivity index (χ3n) is 9.44. The van der Waals surface area contributed by atoms with Gasteiger partial charge in [-0.1, -0.05) is 52.7 Å². The average Bonchev–Trinajstić information content (AvgIpc) is 3.26. The molecule has 1 aliphatic heterocycles. The van der Waals surface area contributed by atoms with Crippen molar-refractivity contribution in [3.8, 4) is 5.75 Å². The summed E-state index contributed by atoms with van der Waals surface area (Å²) in [6.07, 6.45) is 7.32. The Morgan fingerprint density at radius 3 is 2.63 bits per heavy atom. The summed E-state index contributed by atoms with van der Waals surface area (Å²) in [4.78, 5) is 27.3. The van der Waals surface area contributed by atoms with Crippen LogP contribution < -0.4 is 9.64 Å². The molecule has 0 aromatic heterocycles. The van der Waals surface area contributed by atoms with Gasteiger partial charge in [-0.15, -0.1) is 0 Å². The van der Waals surface area contributed by atoms with E-state index in [1.165, 1.54) is 11.1 Å². The van der Waals surface area contributed by atoms with E-state index < -0.39 is 12.1 Å². The first-order valence-electron chi connectivity index (χ1n) is 14.9. The summed E-state index contributed by atoms with van der Waals surface area (Å²) in [5.41, 5.74) is 3.78. The molecule has 3 aromatic carbocycles. The first kappa shape index (κ1) is 29.8. The van der Waals surface area contributed by atoms with E-state index in [4.69, 9.17) is 21.1 Å². The van der Waals surface area contributed by atoms with Gasteiger partial charge in [-0.3, -0.25) is 0 Å². The zero-order chi connectivity index (χ0) is 30.1.